The second-order valence-electron chi connectivity index (χ2n) is 5.13. The summed E-state index contributed by atoms with van der Waals surface area (Å²) in [5.41, 5.74) is 2.33. The van der Waals surface area contributed by atoms with Crippen LogP contribution in [0.4, 0.5) is 5.69 Å². The van der Waals surface area contributed by atoms with Crippen molar-refractivity contribution in [3.8, 4) is 0 Å². The molecule has 1 amide bonds. The number of carbonyl (C=O) groups excluding carboxylic acids is 2. The van der Waals surface area contributed by atoms with Gasteiger partial charge in [-0.3, -0.25) is 9.59 Å². The first-order valence-corrected chi connectivity index (χ1v) is 6.71. The number of amides is 1. The summed E-state index contributed by atoms with van der Waals surface area (Å²) in [5.74, 6) is 0.0103. The molecule has 2 N–H and O–H groups in total. The highest BCUT2D eigenvalue weighted by Crippen LogP contribution is 2.18. The minimum Gasteiger partial charge on any atom is -0.326 e. The van der Waals surface area contributed by atoms with Crippen LogP contribution in [-0.2, 0) is 4.79 Å². The minimum atomic E-state index is 0.00296. The first-order chi connectivity index (χ1) is 9.06. The highest BCUT2D eigenvalue weighted by atomic mass is 16.1. The summed E-state index contributed by atoms with van der Waals surface area (Å²) in [7, 11) is 0. The van der Waals surface area contributed by atoms with Crippen LogP contribution in [0.1, 0.15) is 42.1 Å². The van der Waals surface area contributed by atoms with Crippen LogP contribution in [0.25, 0.3) is 0 Å². The van der Waals surface area contributed by atoms with Crippen molar-refractivity contribution in [2.24, 2.45) is 0 Å². The second kappa shape index (κ2) is 5.97. The summed E-state index contributed by atoms with van der Waals surface area (Å²) < 4.78 is 0. The Morgan fingerprint density at radius 2 is 2.21 bits per heavy atom. The van der Waals surface area contributed by atoms with Gasteiger partial charge in [0, 0.05) is 23.7 Å². The topological polar surface area (TPSA) is 58.2 Å². The number of carbonyl (C=O) groups is 2. The molecule has 1 aliphatic heterocycles. The fourth-order valence-electron chi connectivity index (χ4n) is 2.33. The van der Waals surface area contributed by atoms with Gasteiger partial charge in [0.1, 0.15) is 0 Å². The van der Waals surface area contributed by atoms with Crippen molar-refractivity contribution < 1.29 is 9.59 Å². The average Bonchev–Trinajstić information content (AvgIpc) is 2.84. The predicted octanol–water partition coefficient (Wildman–Crippen LogP) is 2.28. The molecule has 1 aromatic carbocycles. The molecule has 4 heteroatoms. The number of aryl methyl sites for hydroxylation is 1. The summed E-state index contributed by atoms with van der Waals surface area (Å²) >= 11 is 0. The Labute approximate surface area is 113 Å². The molecule has 1 saturated heterocycles. The van der Waals surface area contributed by atoms with E-state index in [0.29, 0.717) is 12.0 Å². The molecular weight excluding hydrogens is 240 g/mol. The Kier molecular flexibility index (Phi) is 4.32. The molecule has 0 aromatic heterocycles. The normalized spacial score (nSPS) is 18.3. The number of hydrogen-bond acceptors (Lipinski definition) is 3. The van der Waals surface area contributed by atoms with Gasteiger partial charge in [-0.25, -0.2) is 0 Å². The Hall–Kier alpha value is -1.68. The molecular formula is C15H20N2O2. The van der Waals surface area contributed by atoms with E-state index in [1.165, 1.54) is 6.92 Å². The number of hydrogen-bond donors (Lipinski definition) is 2. The predicted molar refractivity (Wildman–Crippen MR) is 75.5 cm³/mol. The molecule has 0 bridgehead atoms. The molecule has 1 aliphatic rings. The van der Waals surface area contributed by atoms with Gasteiger partial charge < -0.3 is 10.6 Å². The fraction of sp³-hybridized carbons (Fsp3) is 0.467. The quantitative estimate of drug-likeness (QED) is 0.817. The number of Topliss-reactive ketones (excluding diaryl/α,β-unsaturated/α-hetero) is 1. The zero-order valence-corrected chi connectivity index (χ0v) is 11.5. The Bertz CT molecular complexity index is 491. The minimum absolute atomic E-state index is 0.00296. The fourth-order valence-corrected chi connectivity index (χ4v) is 2.33. The Morgan fingerprint density at radius 3 is 2.84 bits per heavy atom. The van der Waals surface area contributed by atoms with E-state index in [9.17, 15) is 9.59 Å². The van der Waals surface area contributed by atoms with E-state index < -0.39 is 0 Å². The molecule has 0 unspecified atom stereocenters. The summed E-state index contributed by atoms with van der Waals surface area (Å²) in [4.78, 5) is 23.3. The molecule has 1 atom stereocenters. The average molecular weight is 260 g/mol. The van der Waals surface area contributed by atoms with Crippen LogP contribution in [0.5, 0.6) is 0 Å². The zero-order chi connectivity index (χ0) is 13.8. The van der Waals surface area contributed by atoms with Crippen molar-refractivity contribution in [1.82, 2.24) is 5.32 Å². The van der Waals surface area contributed by atoms with Crippen molar-refractivity contribution in [1.29, 1.82) is 0 Å². The maximum Gasteiger partial charge on any atom is 0.225 e. The first-order valence-electron chi connectivity index (χ1n) is 6.71. The zero-order valence-electron chi connectivity index (χ0n) is 11.5. The molecule has 1 fully saturated rings. The van der Waals surface area contributed by atoms with Crippen molar-refractivity contribution in [2.45, 2.75) is 39.2 Å². The summed E-state index contributed by atoms with van der Waals surface area (Å²) in [6, 6.07) is 5.68. The smallest absolute Gasteiger partial charge is 0.225 e. The highest BCUT2D eigenvalue weighted by molar-refractivity contribution is 5.97. The van der Waals surface area contributed by atoms with E-state index in [0.717, 1.165) is 30.6 Å². The van der Waals surface area contributed by atoms with Crippen molar-refractivity contribution in [3.05, 3.63) is 29.3 Å². The monoisotopic (exact) mass is 260 g/mol. The number of ketones is 1. The summed E-state index contributed by atoms with van der Waals surface area (Å²) in [6.45, 7) is 4.45. The molecule has 19 heavy (non-hydrogen) atoms. The van der Waals surface area contributed by atoms with E-state index in [4.69, 9.17) is 0 Å². The SMILES string of the molecule is CC(=O)c1ccc(C)c(NC(=O)C[C@@H]2CCCN2)c1. The second-order valence-corrected chi connectivity index (χ2v) is 5.13. The van der Waals surface area contributed by atoms with Crippen LogP contribution >= 0.6 is 0 Å². The van der Waals surface area contributed by atoms with Crippen molar-refractivity contribution in [3.63, 3.8) is 0 Å². The summed E-state index contributed by atoms with van der Waals surface area (Å²) in [5, 5.41) is 6.20. The number of benzene rings is 1. The molecule has 2 rings (SSSR count). The number of rotatable bonds is 4. The van der Waals surface area contributed by atoms with Crippen LogP contribution in [0.3, 0.4) is 0 Å². The van der Waals surface area contributed by atoms with Gasteiger partial charge in [0.2, 0.25) is 5.91 Å². The lowest BCUT2D eigenvalue weighted by Gasteiger charge is -2.12. The molecule has 1 aromatic rings. The van der Waals surface area contributed by atoms with E-state index in [-0.39, 0.29) is 17.7 Å². The maximum atomic E-state index is 12.0. The Morgan fingerprint density at radius 1 is 1.42 bits per heavy atom. The van der Waals surface area contributed by atoms with E-state index in [1.807, 2.05) is 13.0 Å². The van der Waals surface area contributed by atoms with Gasteiger partial charge in [-0.15, -0.1) is 0 Å². The standard InChI is InChI=1S/C15H20N2O2/c1-10-5-6-12(11(2)18)8-14(10)17-15(19)9-13-4-3-7-16-13/h5-6,8,13,16H,3-4,7,9H2,1-2H3,(H,17,19)/t13-/m0/s1. The first kappa shape index (κ1) is 13.7. The van der Waals surface area contributed by atoms with Gasteiger partial charge >= 0.3 is 0 Å². The van der Waals surface area contributed by atoms with Gasteiger partial charge in [0.05, 0.1) is 0 Å². The molecule has 4 nitrogen and oxygen atoms in total. The van der Waals surface area contributed by atoms with Crippen LogP contribution in [0.15, 0.2) is 18.2 Å². The van der Waals surface area contributed by atoms with Gasteiger partial charge in [-0.05, 0) is 44.9 Å². The summed E-state index contributed by atoms with van der Waals surface area (Å²) in [6.07, 6.45) is 2.68. The maximum absolute atomic E-state index is 12.0. The highest BCUT2D eigenvalue weighted by Gasteiger charge is 2.18. The molecule has 0 aliphatic carbocycles. The van der Waals surface area contributed by atoms with Crippen LogP contribution in [0, 0.1) is 6.92 Å². The van der Waals surface area contributed by atoms with E-state index >= 15 is 0 Å². The van der Waals surface area contributed by atoms with E-state index in [1.54, 1.807) is 12.1 Å². The van der Waals surface area contributed by atoms with Crippen LogP contribution < -0.4 is 10.6 Å². The number of anilines is 1. The van der Waals surface area contributed by atoms with E-state index in [2.05, 4.69) is 10.6 Å². The molecule has 0 saturated carbocycles. The lowest BCUT2D eigenvalue weighted by Crippen LogP contribution is -2.27. The molecule has 0 radical (unpaired) electrons. The number of nitrogens with one attached hydrogen (secondary N) is 2. The molecule has 0 spiro atoms. The van der Waals surface area contributed by atoms with Crippen LogP contribution in [-0.4, -0.2) is 24.3 Å². The third kappa shape index (κ3) is 3.64. The third-order valence-corrected chi connectivity index (χ3v) is 3.51. The van der Waals surface area contributed by atoms with Gasteiger partial charge in [0.15, 0.2) is 5.78 Å². The third-order valence-electron chi connectivity index (χ3n) is 3.51. The van der Waals surface area contributed by atoms with Crippen molar-refractivity contribution >= 4 is 17.4 Å². The van der Waals surface area contributed by atoms with Gasteiger partial charge in [0.25, 0.3) is 0 Å². The largest absolute Gasteiger partial charge is 0.326 e. The van der Waals surface area contributed by atoms with Gasteiger partial charge in [-0.1, -0.05) is 12.1 Å². The van der Waals surface area contributed by atoms with Crippen LogP contribution in [0.2, 0.25) is 0 Å². The lowest BCUT2D eigenvalue weighted by molar-refractivity contribution is -0.116. The molecule has 1 heterocycles. The lowest BCUT2D eigenvalue weighted by atomic mass is 10.1. The van der Waals surface area contributed by atoms with Crippen molar-refractivity contribution in [2.75, 3.05) is 11.9 Å². The van der Waals surface area contributed by atoms with Gasteiger partial charge in [-0.2, -0.15) is 0 Å². The Balaban J connectivity index is 2.02. The molecule has 102 valence electrons.